The molecule has 0 saturated heterocycles. The number of hydrogen-bond donors (Lipinski definition) is 1. The fourth-order valence-corrected chi connectivity index (χ4v) is 2.60. The van der Waals surface area contributed by atoms with Crippen LogP contribution >= 0.6 is 11.3 Å². The zero-order valence-corrected chi connectivity index (χ0v) is 10.8. The Balaban J connectivity index is 1.92. The summed E-state index contributed by atoms with van der Waals surface area (Å²) in [6.45, 7) is 1.77. The topological polar surface area (TPSA) is 55.1 Å². The van der Waals surface area contributed by atoms with Crippen molar-refractivity contribution in [2.45, 2.75) is 6.92 Å². The Hall–Kier alpha value is -2.21. The maximum atomic E-state index is 13.5. The second-order valence-electron chi connectivity index (χ2n) is 3.99. The highest BCUT2D eigenvalue weighted by Gasteiger charge is 2.15. The SMILES string of the molecule is Cc1ccoc1C(=O)Nc1nc2c(F)cccc2s1. The van der Waals surface area contributed by atoms with Crippen molar-refractivity contribution >= 4 is 32.6 Å². The van der Waals surface area contributed by atoms with Gasteiger partial charge in [-0.15, -0.1) is 0 Å². The Bertz CT molecular complexity index is 763. The van der Waals surface area contributed by atoms with Gasteiger partial charge in [0.05, 0.1) is 11.0 Å². The minimum Gasteiger partial charge on any atom is -0.459 e. The van der Waals surface area contributed by atoms with Crippen molar-refractivity contribution in [3.8, 4) is 0 Å². The van der Waals surface area contributed by atoms with Gasteiger partial charge in [-0.1, -0.05) is 17.4 Å². The van der Waals surface area contributed by atoms with E-state index in [1.807, 2.05) is 0 Å². The van der Waals surface area contributed by atoms with E-state index in [9.17, 15) is 9.18 Å². The summed E-state index contributed by atoms with van der Waals surface area (Å²) in [6, 6.07) is 6.40. The number of carbonyl (C=O) groups excluding carboxylic acids is 1. The molecule has 1 aromatic carbocycles. The van der Waals surface area contributed by atoms with Gasteiger partial charge in [0.1, 0.15) is 11.3 Å². The molecule has 0 atom stereocenters. The summed E-state index contributed by atoms with van der Waals surface area (Å²) in [4.78, 5) is 16.0. The summed E-state index contributed by atoms with van der Waals surface area (Å²) in [5.41, 5.74) is 1.00. The van der Waals surface area contributed by atoms with Crippen molar-refractivity contribution in [2.24, 2.45) is 0 Å². The lowest BCUT2D eigenvalue weighted by atomic mass is 10.3. The number of fused-ring (bicyclic) bond motifs is 1. The highest BCUT2D eigenvalue weighted by Crippen LogP contribution is 2.28. The van der Waals surface area contributed by atoms with Gasteiger partial charge in [-0.2, -0.15) is 0 Å². The molecule has 0 unspecified atom stereocenters. The zero-order valence-electron chi connectivity index (χ0n) is 9.94. The van der Waals surface area contributed by atoms with Crippen LogP contribution in [0.3, 0.4) is 0 Å². The number of rotatable bonds is 2. The molecule has 0 aliphatic rings. The second kappa shape index (κ2) is 4.47. The number of halogens is 1. The number of nitrogens with one attached hydrogen (secondary N) is 1. The normalized spacial score (nSPS) is 10.8. The largest absolute Gasteiger partial charge is 0.459 e. The van der Waals surface area contributed by atoms with Crippen molar-refractivity contribution in [3.63, 3.8) is 0 Å². The van der Waals surface area contributed by atoms with Crippen molar-refractivity contribution < 1.29 is 13.6 Å². The molecule has 0 bridgehead atoms. The second-order valence-corrected chi connectivity index (χ2v) is 5.02. The fraction of sp³-hybridized carbons (Fsp3) is 0.0769. The van der Waals surface area contributed by atoms with Gasteiger partial charge in [0.15, 0.2) is 10.9 Å². The third-order valence-electron chi connectivity index (χ3n) is 2.66. The number of para-hydroxylation sites is 1. The number of furan rings is 1. The first-order valence-corrected chi connectivity index (χ1v) is 6.37. The summed E-state index contributed by atoms with van der Waals surface area (Å²) >= 11 is 1.22. The van der Waals surface area contributed by atoms with Crippen LogP contribution in [0.5, 0.6) is 0 Å². The van der Waals surface area contributed by atoms with E-state index in [-0.39, 0.29) is 17.2 Å². The molecule has 19 heavy (non-hydrogen) atoms. The molecule has 0 aliphatic carbocycles. The van der Waals surface area contributed by atoms with E-state index in [2.05, 4.69) is 10.3 Å². The van der Waals surface area contributed by atoms with Crippen molar-refractivity contribution in [1.82, 2.24) is 4.98 Å². The number of hydrogen-bond acceptors (Lipinski definition) is 4. The Morgan fingerprint density at radius 1 is 1.42 bits per heavy atom. The Morgan fingerprint density at radius 3 is 2.95 bits per heavy atom. The van der Waals surface area contributed by atoms with Gasteiger partial charge < -0.3 is 4.42 Å². The molecule has 1 amide bonds. The predicted octanol–water partition coefficient (Wildman–Crippen LogP) is 3.59. The third-order valence-corrected chi connectivity index (χ3v) is 3.59. The third kappa shape index (κ3) is 2.10. The van der Waals surface area contributed by atoms with Gasteiger partial charge in [0.2, 0.25) is 0 Å². The molecular weight excluding hydrogens is 267 g/mol. The minimum absolute atomic E-state index is 0.236. The maximum Gasteiger partial charge on any atom is 0.293 e. The quantitative estimate of drug-likeness (QED) is 0.778. The average molecular weight is 276 g/mol. The Labute approximate surface area is 111 Å². The molecule has 4 nitrogen and oxygen atoms in total. The standard InChI is InChI=1S/C13H9FN2O2S/c1-7-5-6-18-11(7)12(17)16-13-15-10-8(14)3-2-4-9(10)19-13/h2-6H,1H3,(H,15,16,17). The predicted molar refractivity (Wildman–Crippen MR) is 71.0 cm³/mol. The number of anilines is 1. The van der Waals surface area contributed by atoms with E-state index in [1.54, 1.807) is 25.1 Å². The van der Waals surface area contributed by atoms with Crippen LogP contribution in [-0.4, -0.2) is 10.9 Å². The number of aryl methyl sites for hydroxylation is 1. The highest BCUT2D eigenvalue weighted by atomic mass is 32.1. The summed E-state index contributed by atoms with van der Waals surface area (Å²) in [7, 11) is 0. The molecule has 0 saturated carbocycles. The van der Waals surface area contributed by atoms with Crippen LogP contribution in [0.4, 0.5) is 9.52 Å². The molecule has 1 N–H and O–H groups in total. The summed E-state index contributed by atoms with van der Waals surface area (Å²) in [5, 5.41) is 2.96. The molecule has 6 heteroatoms. The minimum atomic E-state index is -0.400. The van der Waals surface area contributed by atoms with Crippen LogP contribution in [-0.2, 0) is 0 Å². The Kier molecular flexibility index (Phi) is 2.79. The number of benzene rings is 1. The van der Waals surface area contributed by atoms with Crippen molar-refractivity contribution in [2.75, 3.05) is 5.32 Å². The van der Waals surface area contributed by atoms with E-state index >= 15 is 0 Å². The lowest BCUT2D eigenvalue weighted by Gasteiger charge is -1.98. The monoisotopic (exact) mass is 276 g/mol. The first-order valence-electron chi connectivity index (χ1n) is 5.55. The molecule has 0 fully saturated rings. The lowest BCUT2D eigenvalue weighted by molar-refractivity contribution is 0.0996. The van der Waals surface area contributed by atoms with Crippen LogP contribution in [0, 0.1) is 12.7 Å². The number of amides is 1. The summed E-state index contributed by atoms with van der Waals surface area (Å²) in [5.74, 6) is -0.551. The molecule has 2 aromatic heterocycles. The van der Waals surface area contributed by atoms with Crippen LogP contribution in [0.2, 0.25) is 0 Å². The van der Waals surface area contributed by atoms with Crippen LogP contribution < -0.4 is 5.32 Å². The fourth-order valence-electron chi connectivity index (χ4n) is 1.73. The molecule has 0 radical (unpaired) electrons. The molecule has 2 heterocycles. The summed E-state index contributed by atoms with van der Waals surface area (Å²) < 4.78 is 19.3. The van der Waals surface area contributed by atoms with Crippen LogP contribution in [0.1, 0.15) is 16.1 Å². The molecular formula is C13H9FN2O2S. The first kappa shape index (κ1) is 11.9. The van der Waals surface area contributed by atoms with Crippen LogP contribution in [0.15, 0.2) is 34.9 Å². The van der Waals surface area contributed by atoms with Gasteiger partial charge in [-0.05, 0) is 25.1 Å². The van der Waals surface area contributed by atoms with Crippen molar-refractivity contribution in [1.29, 1.82) is 0 Å². The molecule has 0 aliphatic heterocycles. The lowest BCUT2D eigenvalue weighted by Crippen LogP contribution is -2.11. The van der Waals surface area contributed by atoms with Crippen molar-refractivity contribution in [3.05, 3.63) is 47.7 Å². The van der Waals surface area contributed by atoms with Gasteiger partial charge in [0.25, 0.3) is 5.91 Å². The zero-order chi connectivity index (χ0) is 13.4. The van der Waals surface area contributed by atoms with E-state index in [1.165, 1.54) is 23.7 Å². The van der Waals surface area contributed by atoms with Gasteiger partial charge in [-0.25, -0.2) is 9.37 Å². The van der Waals surface area contributed by atoms with Gasteiger partial charge in [0, 0.05) is 5.56 Å². The first-order chi connectivity index (χ1) is 9.15. The van der Waals surface area contributed by atoms with E-state index in [4.69, 9.17) is 4.42 Å². The van der Waals surface area contributed by atoms with E-state index in [0.717, 1.165) is 5.56 Å². The molecule has 3 aromatic rings. The number of aromatic nitrogens is 1. The molecule has 0 spiro atoms. The number of carbonyl (C=O) groups is 1. The van der Waals surface area contributed by atoms with Crippen LogP contribution in [0.25, 0.3) is 10.2 Å². The molecule has 96 valence electrons. The smallest absolute Gasteiger partial charge is 0.293 e. The Morgan fingerprint density at radius 2 is 2.26 bits per heavy atom. The van der Waals surface area contributed by atoms with Gasteiger partial charge in [-0.3, -0.25) is 10.1 Å². The summed E-state index contributed by atoms with van der Waals surface area (Å²) in [6.07, 6.45) is 1.45. The van der Waals surface area contributed by atoms with E-state index in [0.29, 0.717) is 9.83 Å². The highest BCUT2D eigenvalue weighted by molar-refractivity contribution is 7.22. The van der Waals surface area contributed by atoms with Gasteiger partial charge >= 0.3 is 0 Å². The van der Waals surface area contributed by atoms with E-state index < -0.39 is 5.82 Å². The number of nitrogens with zero attached hydrogens (tertiary/aromatic N) is 1. The average Bonchev–Trinajstić information content (AvgIpc) is 2.95. The molecule has 3 rings (SSSR count). The number of thiazole rings is 1. The maximum absolute atomic E-state index is 13.5.